The number of benzene rings is 3. The van der Waals surface area contributed by atoms with E-state index in [1.165, 1.54) is 0 Å². The van der Waals surface area contributed by atoms with E-state index in [0.717, 1.165) is 44.8 Å². The molecule has 0 aliphatic rings. The lowest BCUT2D eigenvalue weighted by Gasteiger charge is -2.11. The first-order valence-corrected chi connectivity index (χ1v) is 10.6. The Bertz CT molecular complexity index is 1420. The fraction of sp³-hybridized carbons (Fsp3) is 0.0714. The van der Waals surface area contributed by atoms with Crippen molar-refractivity contribution >= 4 is 17.2 Å². The van der Waals surface area contributed by atoms with Gasteiger partial charge < -0.3 is 9.72 Å². The van der Waals surface area contributed by atoms with Crippen LogP contribution in [0.15, 0.2) is 97.3 Å². The Morgan fingerprint density at radius 3 is 2.25 bits per heavy atom. The number of nitrogens with zero attached hydrogens (tertiary/aromatic N) is 2. The molecule has 2 aromatic heterocycles. The molecule has 0 spiro atoms. The number of aryl methyl sites for hydroxylation is 2. The lowest BCUT2D eigenvalue weighted by molar-refractivity contribution is 0.102. The molecular weight excluding hydrogens is 394 g/mol. The predicted molar refractivity (Wildman–Crippen MR) is 130 cm³/mol. The van der Waals surface area contributed by atoms with E-state index in [-0.39, 0.29) is 5.91 Å². The Morgan fingerprint density at radius 2 is 1.50 bits per heavy atom. The molecule has 0 fully saturated rings. The number of rotatable bonds is 4. The van der Waals surface area contributed by atoms with Crippen molar-refractivity contribution in [3.63, 3.8) is 0 Å². The Kier molecular flexibility index (Phi) is 5.04. The molecule has 1 amide bonds. The van der Waals surface area contributed by atoms with Gasteiger partial charge in [0.2, 0.25) is 0 Å². The predicted octanol–water partition coefficient (Wildman–Crippen LogP) is 6.54. The number of pyridine rings is 1. The maximum absolute atomic E-state index is 12.9. The molecule has 5 rings (SSSR count). The summed E-state index contributed by atoms with van der Waals surface area (Å²) in [6.45, 7) is 4.04. The van der Waals surface area contributed by atoms with Gasteiger partial charge in [-0.3, -0.25) is 4.79 Å². The SMILES string of the molecule is Cc1ccc(-c2cn3cccc(C)c3n2)cc1NC(=O)c1ccc(-c2ccccc2)cc1. The van der Waals surface area contributed by atoms with Gasteiger partial charge in [0.1, 0.15) is 5.65 Å². The topological polar surface area (TPSA) is 46.4 Å². The van der Waals surface area contributed by atoms with Crippen molar-refractivity contribution in [1.29, 1.82) is 0 Å². The first kappa shape index (κ1) is 19.8. The second-order valence-electron chi connectivity index (χ2n) is 7.98. The third-order valence-electron chi connectivity index (χ3n) is 5.71. The Balaban J connectivity index is 1.40. The van der Waals surface area contributed by atoms with Crippen LogP contribution < -0.4 is 5.32 Å². The molecule has 0 atom stereocenters. The lowest BCUT2D eigenvalue weighted by Crippen LogP contribution is -2.12. The highest BCUT2D eigenvalue weighted by atomic mass is 16.1. The maximum Gasteiger partial charge on any atom is 0.255 e. The standard InChI is InChI=1S/C28H23N3O/c1-19-10-11-24(26-18-31-16-6-7-20(2)27(31)29-26)17-25(19)30-28(32)23-14-12-22(13-15-23)21-8-4-3-5-9-21/h3-18H,1-2H3,(H,30,32). The summed E-state index contributed by atoms with van der Waals surface area (Å²) >= 11 is 0. The third kappa shape index (κ3) is 3.79. The molecule has 0 saturated heterocycles. The minimum Gasteiger partial charge on any atom is -0.322 e. The molecule has 0 unspecified atom stereocenters. The Morgan fingerprint density at radius 1 is 0.781 bits per heavy atom. The zero-order valence-corrected chi connectivity index (χ0v) is 18.0. The number of nitrogens with one attached hydrogen (secondary N) is 1. The molecule has 0 saturated carbocycles. The van der Waals surface area contributed by atoms with Gasteiger partial charge in [0.05, 0.1) is 5.69 Å². The van der Waals surface area contributed by atoms with Crippen LogP contribution in [0.3, 0.4) is 0 Å². The summed E-state index contributed by atoms with van der Waals surface area (Å²) < 4.78 is 2.02. The third-order valence-corrected chi connectivity index (χ3v) is 5.71. The summed E-state index contributed by atoms with van der Waals surface area (Å²) in [6.07, 6.45) is 4.01. The van der Waals surface area contributed by atoms with E-state index in [4.69, 9.17) is 4.98 Å². The summed E-state index contributed by atoms with van der Waals surface area (Å²) in [4.78, 5) is 17.7. The second-order valence-corrected chi connectivity index (χ2v) is 7.98. The van der Waals surface area contributed by atoms with Crippen molar-refractivity contribution in [3.8, 4) is 22.4 Å². The molecule has 2 heterocycles. The first-order chi connectivity index (χ1) is 15.6. The molecule has 1 N–H and O–H groups in total. The van der Waals surface area contributed by atoms with Gasteiger partial charge in [-0.1, -0.05) is 60.7 Å². The maximum atomic E-state index is 12.9. The summed E-state index contributed by atoms with van der Waals surface area (Å²) in [5.74, 6) is -0.129. The Labute approximate surface area is 187 Å². The summed E-state index contributed by atoms with van der Waals surface area (Å²) in [6, 6.07) is 27.9. The number of carbonyl (C=O) groups excluding carboxylic acids is 1. The van der Waals surface area contributed by atoms with Crippen LogP contribution in [0.1, 0.15) is 21.5 Å². The molecule has 32 heavy (non-hydrogen) atoms. The molecular formula is C28H23N3O. The zero-order chi connectivity index (χ0) is 22.1. The van der Waals surface area contributed by atoms with E-state index in [1.807, 2.05) is 90.4 Å². The quantitative estimate of drug-likeness (QED) is 0.361. The fourth-order valence-electron chi connectivity index (χ4n) is 3.85. The number of amides is 1. The van der Waals surface area contributed by atoms with Crippen LogP contribution in [0.2, 0.25) is 0 Å². The molecule has 4 nitrogen and oxygen atoms in total. The van der Waals surface area contributed by atoms with Gasteiger partial charge in [-0.2, -0.15) is 0 Å². The second kappa shape index (κ2) is 8.16. The van der Waals surface area contributed by atoms with E-state index < -0.39 is 0 Å². The van der Waals surface area contributed by atoms with E-state index in [2.05, 4.69) is 30.4 Å². The van der Waals surface area contributed by atoms with Crippen molar-refractivity contribution in [2.24, 2.45) is 0 Å². The number of fused-ring (bicyclic) bond motifs is 1. The molecule has 4 heteroatoms. The summed E-state index contributed by atoms with van der Waals surface area (Å²) in [5.41, 5.74) is 8.53. The first-order valence-electron chi connectivity index (χ1n) is 10.6. The normalized spacial score (nSPS) is 10.9. The molecule has 0 radical (unpaired) electrons. The van der Waals surface area contributed by atoms with E-state index in [0.29, 0.717) is 5.56 Å². The van der Waals surface area contributed by atoms with Gasteiger partial charge in [-0.25, -0.2) is 4.98 Å². The van der Waals surface area contributed by atoms with Crippen LogP contribution >= 0.6 is 0 Å². The van der Waals surface area contributed by atoms with E-state index in [9.17, 15) is 4.79 Å². The number of hydrogen-bond acceptors (Lipinski definition) is 2. The average molecular weight is 418 g/mol. The van der Waals surface area contributed by atoms with Gasteiger partial charge in [-0.15, -0.1) is 0 Å². The number of carbonyl (C=O) groups is 1. The minimum absolute atomic E-state index is 0.129. The van der Waals surface area contributed by atoms with Crippen LogP contribution in [-0.4, -0.2) is 15.3 Å². The highest BCUT2D eigenvalue weighted by Crippen LogP contribution is 2.27. The van der Waals surface area contributed by atoms with Crippen LogP contribution in [-0.2, 0) is 0 Å². The average Bonchev–Trinajstić information content (AvgIpc) is 3.27. The summed E-state index contributed by atoms with van der Waals surface area (Å²) in [5, 5.41) is 3.07. The largest absolute Gasteiger partial charge is 0.322 e. The van der Waals surface area contributed by atoms with Crippen molar-refractivity contribution in [1.82, 2.24) is 9.38 Å². The van der Waals surface area contributed by atoms with Crippen LogP contribution in [0.25, 0.3) is 28.0 Å². The molecule has 0 aliphatic heterocycles. The van der Waals surface area contributed by atoms with E-state index in [1.54, 1.807) is 0 Å². The van der Waals surface area contributed by atoms with Crippen LogP contribution in [0, 0.1) is 13.8 Å². The lowest BCUT2D eigenvalue weighted by atomic mass is 10.0. The number of aromatic nitrogens is 2. The van der Waals surface area contributed by atoms with Gasteiger partial charge in [-0.05, 0) is 60.4 Å². The van der Waals surface area contributed by atoms with Gasteiger partial charge >= 0.3 is 0 Å². The van der Waals surface area contributed by atoms with Crippen molar-refractivity contribution in [3.05, 3.63) is 114 Å². The van der Waals surface area contributed by atoms with Crippen molar-refractivity contribution in [2.75, 3.05) is 5.32 Å². The molecule has 0 aliphatic carbocycles. The van der Waals surface area contributed by atoms with Gasteiger partial charge in [0.15, 0.2) is 0 Å². The van der Waals surface area contributed by atoms with Crippen molar-refractivity contribution in [2.45, 2.75) is 13.8 Å². The minimum atomic E-state index is -0.129. The smallest absolute Gasteiger partial charge is 0.255 e. The number of anilines is 1. The monoisotopic (exact) mass is 417 g/mol. The van der Waals surface area contributed by atoms with Crippen LogP contribution in [0.4, 0.5) is 5.69 Å². The van der Waals surface area contributed by atoms with E-state index >= 15 is 0 Å². The molecule has 156 valence electrons. The van der Waals surface area contributed by atoms with Crippen molar-refractivity contribution < 1.29 is 4.79 Å². The van der Waals surface area contributed by atoms with Gasteiger partial charge in [0.25, 0.3) is 5.91 Å². The van der Waals surface area contributed by atoms with Gasteiger partial charge in [0, 0.05) is 29.2 Å². The van der Waals surface area contributed by atoms with Crippen LogP contribution in [0.5, 0.6) is 0 Å². The summed E-state index contributed by atoms with van der Waals surface area (Å²) in [7, 11) is 0. The number of imidazole rings is 1. The highest BCUT2D eigenvalue weighted by Gasteiger charge is 2.12. The molecule has 0 bridgehead atoms. The number of hydrogen-bond donors (Lipinski definition) is 1. The highest BCUT2D eigenvalue weighted by molar-refractivity contribution is 6.05. The zero-order valence-electron chi connectivity index (χ0n) is 18.0. The Hall–Kier alpha value is -4.18. The fourth-order valence-corrected chi connectivity index (χ4v) is 3.85. The molecule has 3 aromatic carbocycles. The molecule has 5 aromatic rings.